The van der Waals surface area contributed by atoms with E-state index in [-0.39, 0.29) is 17.5 Å². The number of benzene rings is 3. The van der Waals surface area contributed by atoms with Gasteiger partial charge < -0.3 is 14.2 Å². The summed E-state index contributed by atoms with van der Waals surface area (Å²) in [6.45, 7) is 0. The average molecular weight is 513 g/mol. The molecule has 4 atom stereocenters. The minimum Gasteiger partial charge on any atom is -0.449 e. The number of rotatable bonds is 6. The van der Waals surface area contributed by atoms with E-state index in [4.69, 9.17) is 14.2 Å². The molecule has 0 spiro atoms. The number of amides is 3. The highest BCUT2D eigenvalue weighted by Gasteiger charge is 2.62. The second-order valence-electron chi connectivity index (χ2n) is 9.31. The number of hydrogen-bond donors (Lipinski definition) is 0. The normalized spacial score (nSPS) is 24.2. The highest BCUT2D eigenvalue weighted by molar-refractivity contribution is 6.23. The van der Waals surface area contributed by atoms with Crippen molar-refractivity contribution in [2.75, 3.05) is 7.11 Å². The SMILES string of the molecule is CO[C@@H]1C[C@H]2[C@H](N3C(=O)c4ccccc4C3=O)C(=O)N2[C@@H](C(=O)OC(c2ccccc2)c2ccccc2)O1. The van der Waals surface area contributed by atoms with Crippen LogP contribution in [-0.2, 0) is 23.8 Å². The van der Waals surface area contributed by atoms with Crippen molar-refractivity contribution in [2.45, 2.75) is 37.1 Å². The number of carbonyl (C=O) groups is 4. The van der Waals surface area contributed by atoms with Crippen molar-refractivity contribution in [1.82, 2.24) is 9.80 Å². The lowest BCUT2D eigenvalue weighted by atomic mass is 9.88. The van der Waals surface area contributed by atoms with Crippen molar-refractivity contribution in [2.24, 2.45) is 0 Å². The Morgan fingerprint density at radius 2 is 1.37 bits per heavy atom. The van der Waals surface area contributed by atoms with E-state index < -0.39 is 54.4 Å². The second-order valence-corrected chi connectivity index (χ2v) is 9.31. The lowest BCUT2D eigenvalue weighted by Gasteiger charge is -2.55. The van der Waals surface area contributed by atoms with Crippen molar-refractivity contribution < 1.29 is 33.4 Å². The van der Waals surface area contributed by atoms with E-state index in [9.17, 15) is 19.2 Å². The van der Waals surface area contributed by atoms with Crippen molar-refractivity contribution >= 4 is 23.7 Å². The van der Waals surface area contributed by atoms with Gasteiger partial charge in [0.25, 0.3) is 17.7 Å². The van der Waals surface area contributed by atoms with E-state index in [0.29, 0.717) is 0 Å². The van der Waals surface area contributed by atoms with E-state index >= 15 is 0 Å². The fourth-order valence-corrected chi connectivity index (χ4v) is 5.37. The van der Waals surface area contributed by atoms with Crippen LogP contribution in [0, 0.1) is 0 Å². The molecule has 0 unspecified atom stereocenters. The molecule has 0 aromatic heterocycles. The number of esters is 1. The van der Waals surface area contributed by atoms with Gasteiger partial charge in [-0.15, -0.1) is 0 Å². The zero-order chi connectivity index (χ0) is 26.4. The Kier molecular flexibility index (Phi) is 6.01. The number of nitrogens with zero attached hydrogens (tertiary/aromatic N) is 2. The Bertz CT molecular complexity index is 1340. The summed E-state index contributed by atoms with van der Waals surface area (Å²) in [6, 6.07) is 23.2. The Morgan fingerprint density at radius 1 is 0.842 bits per heavy atom. The summed E-state index contributed by atoms with van der Waals surface area (Å²) in [5.74, 6) is -2.39. The van der Waals surface area contributed by atoms with Crippen LogP contribution in [0.2, 0.25) is 0 Å². The fourth-order valence-electron chi connectivity index (χ4n) is 5.37. The van der Waals surface area contributed by atoms with Crippen molar-refractivity contribution in [3.05, 3.63) is 107 Å². The maximum atomic E-state index is 13.5. The van der Waals surface area contributed by atoms with E-state index in [1.165, 1.54) is 12.0 Å². The molecule has 192 valence electrons. The molecule has 9 nitrogen and oxygen atoms in total. The predicted molar refractivity (Wildman–Crippen MR) is 132 cm³/mol. The second kappa shape index (κ2) is 9.51. The summed E-state index contributed by atoms with van der Waals surface area (Å²) in [6.07, 6.45) is -2.79. The Labute approximate surface area is 218 Å². The van der Waals surface area contributed by atoms with Gasteiger partial charge >= 0.3 is 5.97 Å². The largest absolute Gasteiger partial charge is 0.449 e. The number of β-lactam (4-membered cyclic amide) rings is 1. The molecule has 2 fully saturated rings. The maximum Gasteiger partial charge on any atom is 0.357 e. The molecule has 3 aliphatic heterocycles. The molecule has 6 rings (SSSR count). The van der Waals surface area contributed by atoms with Gasteiger partial charge in [0.05, 0.1) is 17.2 Å². The molecular formula is C29H24N2O7. The van der Waals surface area contributed by atoms with Gasteiger partial charge in [0.1, 0.15) is 6.04 Å². The smallest absolute Gasteiger partial charge is 0.357 e. The van der Waals surface area contributed by atoms with Crippen molar-refractivity contribution in [3.63, 3.8) is 0 Å². The minimum atomic E-state index is -1.40. The molecule has 38 heavy (non-hydrogen) atoms. The highest BCUT2D eigenvalue weighted by Crippen LogP contribution is 2.40. The molecule has 0 aliphatic carbocycles. The third-order valence-corrected chi connectivity index (χ3v) is 7.20. The summed E-state index contributed by atoms with van der Waals surface area (Å²) >= 11 is 0. The Hall–Kier alpha value is -4.34. The number of ether oxygens (including phenoxy) is 3. The summed E-state index contributed by atoms with van der Waals surface area (Å²) in [5.41, 5.74) is 2.01. The van der Waals surface area contributed by atoms with Crippen molar-refractivity contribution in [3.8, 4) is 0 Å². The highest BCUT2D eigenvalue weighted by atomic mass is 16.7. The molecule has 0 bridgehead atoms. The zero-order valence-electron chi connectivity index (χ0n) is 20.4. The molecular weight excluding hydrogens is 488 g/mol. The number of fused-ring (bicyclic) bond motifs is 2. The van der Waals surface area contributed by atoms with Crippen LogP contribution in [-0.4, -0.2) is 65.2 Å². The van der Waals surface area contributed by atoms with E-state index in [1.807, 2.05) is 60.7 Å². The Balaban J connectivity index is 1.27. The maximum absolute atomic E-state index is 13.5. The quantitative estimate of drug-likeness (QED) is 0.284. The van der Waals surface area contributed by atoms with Gasteiger partial charge in [0.2, 0.25) is 6.23 Å². The molecule has 0 saturated carbocycles. The third kappa shape index (κ3) is 3.79. The topological polar surface area (TPSA) is 102 Å². The Morgan fingerprint density at radius 3 is 1.89 bits per heavy atom. The molecule has 2 saturated heterocycles. The summed E-state index contributed by atoms with van der Waals surface area (Å²) in [7, 11) is 1.43. The lowest BCUT2D eigenvalue weighted by Crippen LogP contribution is -2.77. The van der Waals surface area contributed by atoms with Gasteiger partial charge in [-0.3, -0.25) is 24.2 Å². The molecule has 3 heterocycles. The van der Waals surface area contributed by atoms with Crippen LogP contribution in [0.5, 0.6) is 0 Å². The van der Waals surface area contributed by atoms with Crippen LogP contribution in [0.3, 0.4) is 0 Å². The standard InChI is InChI=1S/C29H24N2O7/c1-36-22-16-21-23(31-25(32)19-14-8-9-15-20(19)26(31)33)27(34)30(21)28(37-22)29(35)38-24(17-10-4-2-5-11-17)18-12-6-3-7-13-18/h2-15,21-24,28H,16H2,1H3/t21-,22-,23-,28+/m0/s1. The zero-order valence-corrected chi connectivity index (χ0v) is 20.4. The fraction of sp³-hybridized carbons (Fsp3) is 0.241. The number of imide groups is 1. The van der Waals surface area contributed by atoms with Gasteiger partial charge in [-0.25, -0.2) is 4.79 Å². The van der Waals surface area contributed by atoms with Crippen LogP contribution in [0.25, 0.3) is 0 Å². The molecule has 3 aromatic rings. The first kappa shape index (κ1) is 24.0. The molecule has 3 amide bonds. The first-order chi connectivity index (χ1) is 18.5. The van der Waals surface area contributed by atoms with Crippen LogP contribution in [0.15, 0.2) is 84.9 Å². The summed E-state index contributed by atoms with van der Waals surface area (Å²) in [5, 5.41) is 0. The number of hydrogen-bond acceptors (Lipinski definition) is 7. The minimum absolute atomic E-state index is 0.185. The molecule has 0 radical (unpaired) electrons. The molecule has 3 aliphatic rings. The third-order valence-electron chi connectivity index (χ3n) is 7.20. The predicted octanol–water partition coefficient (Wildman–Crippen LogP) is 2.91. The van der Waals surface area contributed by atoms with Gasteiger partial charge in [-0.2, -0.15) is 0 Å². The first-order valence-electron chi connectivity index (χ1n) is 12.3. The summed E-state index contributed by atoms with van der Waals surface area (Å²) < 4.78 is 17.2. The molecule has 9 heteroatoms. The number of carbonyl (C=O) groups excluding carboxylic acids is 4. The van der Waals surface area contributed by atoms with Crippen LogP contribution in [0.4, 0.5) is 0 Å². The molecule has 3 aromatic carbocycles. The molecule has 0 N–H and O–H groups in total. The van der Waals surface area contributed by atoms with E-state index in [2.05, 4.69) is 0 Å². The number of methoxy groups -OCH3 is 1. The summed E-state index contributed by atoms with van der Waals surface area (Å²) in [4.78, 5) is 55.3. The lowest BCUT2D eigenvalue weighted by molar-refractivity contribution is -0.268. The average Bonchev–Trinajstić information content (AvgIpc) is 3.21. The van der Waals surface area contributed by atoms with Gasteiger partial charge in [0, 0.05) is 13.5 Å². The van der Waals surface area contributed by atoms with Crippen LogP contribution in [0.1, 0.15) is 44.4 Å². The van der Waals surface area contributed by atoms with Crippen LogP contribution < -0.4 is 0 Å². The monoisotopic (exact) mass is 512 g/mol. The van der Waals surface area contributed by atoms with Gasteiger partial charge in [0.15, 0.2) is 12.4 Å². The van der Waals surface area contributed by atoms with Crippen LogP contribution >= 0.6 is 0 Å². The van der Waals surface area contributed by atoms with E-state index in [1.54, 1.807) is 24.3 Å². The first-order valence-corrected chi connectivity index (χ1v) is 12.3. The van der Waals surface area contributed by atoms with Gasteiger partial charge in [-0.05, 0) is 23.3 Å². The van der Waals surface area contributed by atoms with Gasteiger partial charge in [-0.1, -0.05) is 72.8 Å². The van der Waals surface area contributed by atoms with E-state index in [0.717, 1.165) is 16.0 Å². The van der Waals surface area contributed by atoms with Crippen molar-refractivity contribution in [1.29, 1.82) is 0 Å².